The monoisotopic (exact) mass is 266 g/mol. The van der Waals surface area contributed by atoms with Crippen LogP contribution in [-0.2, 0) is 16.1 Å². The van der Waals surface area contributed by atoms with Crippen LogP contribution in [0.25, 0.3) is 0 Å². The Labute approximate surface area is 109 Å². The smallest absolute Gasteiger partial charge is 0.260 e. The summed E-state index contributed by atoms with van der Waals surface area (Å²) < 4.78 is 0. The van der Waals surface area contributed by atoms with Gasteiger partial charge in [0.05, 0.1) is 17.7 Å². The van der Waals surface area contributed by atoms with Crippen molar-refractivity contribution < 1.29 is 14.7 Å². The molecule has 1 aromatic carbocycles. The number of carbonyl (C=O) groups is 2. The Hall–Kier alpha value is -1.37. The lowest BCUT2D eigenvalue weighted by Gasteiger charge is -2.21. The molecule has 0 aliphatic carbocycles. The Morgan fingerprint density at radius 1 is 1.33 bits per heavy atom. The second-order valence-corrected chi connectivity index (χ2v) is 5.19. The molecule has 0 spiro atoms. The van der Waals surface area contributed by atoms with E-state index in [4.69, 9.17) is 5.73 Å². The molecule has 2 rings (SSSR count). The fraction of sp³-hybridized carbons (Fsp3) is 0.333. The van der Waals surface area contributed by atoms with Gasteiger partial charge in [0.25, 0.3) is 5.91 Å². The minimum absolute atomic E-state index is 0.108. The molecule has 2 amide bonds. The Bertz CT molecular complexity index is 452. The van der Waals surface area contributed by atoms with Crippen LogP contribution in [0.2, 0.25) is 0 Å². The van der Waals surface area contributed by atoms with Crippen molar-refractivity contribution in [2.45, 2.75) is 18.0 Å². The Morgan fingerprint density at radius 3 is 2.67 bits per heavy atom. The predicted octanol–water partition coefficient (Wildman–Crippen LogP) is -0.0657. The molecule has 2 atom stereocenters. The van der Waals surface area contributed by atoms with E-state index < -0.39 is 17.4 Å². The zero-order chi connectivity index (χ0) is 13.1. The molecule has 3 N–H and O–H groups in total. The molecule has 5 nitrogen and oxygen atoms in total. The highest BCUT2D eigenvalue weighted by Crippen LogP contribution is 2.19. The number of rotatable bonds is 2. The average molecular weight is 266 g/mol. The second-order valence-electron chi connectivity index (χ2n) is 4.02. The number of amides is 2. The number of thioether (sulfide) groups is 1. The zero-order valence-electron chi connectivity index (χ0n) is 9.65. The van der Waals surface area contributed by atoms with Crippen LogP contribution in [-0.4, -0.2) is 39.1 Å². The van der Waals surface area contributed by atoms with Gasteiger partial charge in [-0.2, -0.15) is 0 Å². The van der Waals surface area contributed by atoms with Gasteiger partial charge >= 0.3 is 0 Å². The van der Waals surface area contributed by atoms with E-state index in [1.807, 2.05) is 30.3 Å². The minimum atomic E-state index is -1.33. The van der Waals surface area contributed by atoms with E-state index in [-0.39, 0.29) is 18.2 Å². The summed E-state index contributed by atoms with van der Waals surface area (Å²) in [7, 11) is 0. The van der Waals surface area contributed by atoms with E-state index in [2.05, 4.69) is 0 Å². The lowest BCUT2D eigenvalue weighted by molar-refractivity contribution is -0.149. The summed E-state index contributed by atoms with van der Waals surface area (Å²) in [6.07, 6.45) is -1.33. The zero-order valence-corrected chi connectivity index (χ0v) is 10.5. The number of nitrogens with zero attached hydrogens (tertiary/aromatic N) is 1. The number of nitrogens with two attached hydrogens (primary N) is 1. The summed E-state index contributed by atoms with van der Waals surface area (Å²) >= 11 is 1.09. The van der Waals surface area contributed by atoms with Crippen molar-refractivity contribution in [1.82, 2.24) is 4.90 Å². The third-order valence-electron chi connectivity index (χ3n) is 2.71. The van der Waals surface area contributed by atoms with Gasteiger partial charge in [0.1, 0.15) is 0 Å². The standard InChI is InChI=1S/C12H14N2O3S/c13-11-10(16)12(17)14(9(15)7-18-11)6-8-4-2-1-3-5-8/h1-5,10-11,16H,6-7,13H2. The molecule has 1 aromatic rings. The molecule has 0 bridgehead atoms. The van der Waals surface area contributed by atoms with Crippen LogP contribution in [0.1, 0.15) is 5.56 Å². The molecule has 1 aliphatic rings. The first-order valence-corrected chi connectivity index (χ1v) is 6.58. The van der Waals surface area contributed by atoms with Crippen LogP contribution in [0.4, 0.5) is 0 Å². The molecule has 0 aromatic heterocycles. The van der Waals surface area contributed by atoms with Crippen LogP contribution in [0.5, 0.6) is 0 Å². The first-order valence-electron chi connectivity index (χ1n) is 5.53. The summed E-state index contributed by atoms with van der Waals surface area (Å²) in [5.74, 6) is -0.834. The maximum atomic E-state index is 11.9. The van der Waals surface area contributed by atoms with Gasteiger partial charge in [0.15, 0.2) is 6.10 Å². The van der Waals surface area contributed by atoms with Crippen molar-refractivity contribution in [3.8, 4) is 0 Å². The quantitative estimate of drug-likeness (QED) is 0.732. The number of benzene rings is 1. The second kappa shape index (κ2) is 5.51. The third kappa shape index (κ3) is 2.72. The van der Waals surface area contributed by atoms with Crippen molar-refractivity contribution in [2.75, 3.05) is 5.75 Å². The van der Waals surface area contributed by atoms with E-state index in [0.717, 1.165) is 22.2 Å². The van der Waals surface area contributed by atoms with Crippen LogP contribution in [0.3, 0.4) is 0 Å². The molecule has 1 aliphatic heterocycles. The van der Waals surface area contributed by atoms with Crippen molar-refractivity contribution in [3.63, 3.8) is 0 Å². The van der Waals surface area contributed by atoms with Crippen molar-refractivity contribution in [1.29, 1.82) is 0 Å². The fourth-order valence-corrected chi connectivity index (χ4v) is 2.48. The molecule has 18 heavy (non-hydrogen) atoms. The van der Waals surface area contributed by atoms with E-state index in [0.29, 0.717) is 0 Å². The van der Waals surface area contributed by atoms with Crippen LogP contribution < -0.4 is 5.73 Å². The van der Waals surface area contributed by atoms with Gasteiger partial charge in [-0.15, -0.1) is 11.8 Å². The lowest BCUT2D eigenvalue weighted by Crippen LogP contribution is -2.46. The topological polar surface area (TPSA) is 83.6 Å². The highest BCUT2D eigenvalue weighted by Gasteiger charge is 2.35. The molecule has 0 radical (unpaired) electrons. The van der Waals surface area contributed by atoms with E-state index in [1.165, 1.54) is 0 Å². The normalized spacial score (nSPS) is 25.1. The summed E-state index contributed by atoms with van der Waals surface area (Å²) in [6, 6.07) is 9.17. The molecular formula is C12H14N2O3S. The maximum Gasteiger partial charge on any atom is 0.260 e. The number of hydrogen-bond acceptors (Lipinski definition) is 5. The Morgan fingerprint density at radius 2 is 2.00 bits per heavy atom. The maximum absolute atomic E-state index is 11.9. The van der Waals surface area contributed by atoms with Gasteiger partial charge in [0, 0.05) is 0 Å². The van der Waals surface area contributed by atoms with Gasteiger partial charge in [-0.05, 0) is 5.56 Å². The SMILES string of the molecule is NC1SCC(=O)N(Cc2ccccc2)C(=O)C1O. The van der Waals surface area contributed by atoms with Gasteiger partial charge in [-0.25, -0.2) is 0 Å². The van der Waals surface area contributed by atoms with Crippen molar-refractivity contribution in [3.05, 3.63) is 35.9 Å². The molecule has 1 saturated heterocycles. The summed E-state index contributed by atoms with van der Waals surface area (Å²) in [4.78, 5) is 24.8. The highest BCUT2D eigenvalue weighted by molar-refractivity contribution is 8.00. The number of imide groups is 1. The Kier molecular flexibility index (Phi) is 4.00. The molecule has 1 fully saturated rings. The van der Waals surface area contributed by atoms with Gasteiger partial charge in [-0.3, -0.25) is 14.5 Å². The minimum Gasteiger partial charge on any atom is -0.381 e. The number of aliphatic hydroxyl groups excluding tert-OH is 1. The first-order chi connectivity index (χ1) is 8.59. The predicted molar refractivity (Wildman–Crippen MR) is 68.4 cm³/mol. The first kappa shape index (κ1) is 13.1. The van der Waals surface area contributed by atoms with Crippen molar-refractivity contribution in [2.24, 2.45) is 5.73 Å². The third-order valence-corrected chi connectivity index (χ3v) is 3.77. The fourth-order valence-electron chi connectivity index (χ4n) is 1.69. The molecule has 6 heteroatoms. The van der Waals surface area contributed by atoms with Gasteiger partial charge in [0.2, 0.25) is 5.91 Å². The average Bonchev–Trinajstić information content (AvgIpc) is 2.48. The number of hydrogen-bond donors (Lipinski definition) is 2. The lowest BCUT2D eigenvalue weighted by atomic mass is 10.2. The van der Waals surface area contributed by atoms with Gasteiger partial charge < -0.3 is 10.8 Å². The summed E-state index contributed by atoms with van der Waals surface area (Å²) in [5.41, 5.74) is 6.44. The van der Waals surface area contributed by atoms with Crippen LogP contribution >= 0.6 is 11.8 Å². The number of aliphatic hydroxyl groups is 1. The molecular weight excluding hydrogens is 252 g/mol. The van der Waals surface area contributed by atoms with E-state index in [1.54, 1.807) is 0 Å². The summed E-state index contributed by atoms with van der Waals surface area (Å²) in [5, 5.41) is 8.96. The molecule has 96 valence electrons. The Balaban J connectivity index is 2.19. The molecule has 0 saturated carbocycles. The van der Waals surface area contributed by atoms with Crippen molar-refractivity contribution >= 4 is 23.6 Å². The highest BCUT2D eigenvalue weighted by atomic mass is 32.2. The molecule has 2 unspecified atom stereocenters. The summed E-state index contributed by atoms with van der Waals surface area (Å²) in [6.45, 7) is 0.169. The van der Waals surface area contributed by atoms with E-state index in [9.17, 15) is 14.7 Å². The van der Waals surface area contributed by atoms with E-state index >= 15 is 0 Å². The number of carbonyl (C=O) groups excluding carboxylic acids is 2. The van der Waals surface area contributed by atoms with Crippen LogP contribution in [0.15, 0.2) is 30.3 Å². The van der Waals surface area contributed by atoms with Crippen LogP contribution in [0, 0.1) is 0 Å². The molecule has 1 heterocycles. The largest absolute Gasteiger partial charge is 0.381 e. The van der Waals surface area contributed by atoms with Gasteiger partial charge in [-0.1, -0.05) is 30.3 Å².